The van der Waals surface area contributed by atoms with Gasteiger partial charge < -0.3 is 16.4 Å². The number of rotatable bonds is 2. The first-order valence-corrected chi connectivity index (χ1v) is 6.73. The molecule has 0 fully saturated rings. The van der Waals surface area contributed by atoms with Crippen LogP contribution in [0, 0.1) is 0 Å². The van der Waals surface area contributed by atoms with Gasteiger partial charge in [0, 0.05) is 10.9 Å². The number of nitrogens with two attached hydrogens (primary N) is 2. The summed E-state index contributed by atoms with van der Waals surface area (Å²) in [5.74, 6) is 0.377. The van der Waals surface area contributed by atoms with Gasteiger partial charge in [-0.3, -0.25) is 4.79 Å². The predicted molar refractivity (Wildman–Crippen MR) is 83.1 cm³/mol. The summed E-state index contributed by atoms with van der Waals surface area (Å²) < 4.78 is 0. The van der Waals surface area contributed by atoms with Crippen molar-refractivity contribution in [2.75, 3.05) is 16.4 Å². The van der Waals surface area contributed by atoms with Crippen molar-refractivity contribution < 1.29 is 4.79 Å². The molecule has 22 heavy (non-hydrogen) atoms. The van der Waals surface area contributed by atoms with Crippen molar-refractivity contribution in [2.24, 2.45) is 0 Å². The number of anilines is 3. The first-order valence-electron chi connectivity index (χ1n) is 6.73. The Morgan fingerprint density at radius 2 is 1.64 bits per heavy atom. The van der Waals surface area contributed by atoms with E-state index in [1.165, 1.54) is 0 Å². The zero-order valence-corrected chi connectivity index (χ0v) is 11.5. The molecular formula is C15H12N6O. The second-order valence-corrected chi connectivity index (χ2v) is 5.04. The van der Waals surface area contributed by atoms with E-state index in [2.05, 4.69) is 15.0 Å². The van der Waals surface area contributed by atoms with Crippen LogP contribution in [0.15, 0.2) is 36.4 Å². The van der Waals surface area contributed by atoms with Crippen LogP contribution in [0.1, 0.15) is 16.2 Å². The van der Waals surface area contributed by atoms with Crippen LogP contribution in [0.5, 0.6) is 0 Å². The highest BCUT2D eigenvalue weighted by atomic mass is 16.2. The lowest BCUT2D eigenvalue weighted by molar-refractivity contribution is 0.0991. The van der Waals surface area contributed by atoms with Crippen molar-refractivity contribution >= 4 is 34.3 Å². The quantitative estimate of drug-likeness (QED) is 0.737. The molecule has 0 atom stereocenters. The Hall–Kier alpha value is -3.22. The van der Waals surface area contributed by atoms with Gasteiger partial charge in [0.05, 0.1) is 12.2 Å². The van der Waals surface area contributed by atoms with Gasteiger partial charge in [-0.1, -0.05) is 24.3 Å². The third kappa shape index (κ3) is 1.76. The standard InChI is InChI=1S/C15H12N6O/c16-14-18-11(19-15(17)20-14)7-21-10-6-2-4-8-3-1-5-9(12(8)10)13(21)22/h1-6H,7H2,(H4,16,17,18,19,20). The summed E-state index contributed by atoms with van der Waals surface area (Å²) in [5, 5.41) is 1.98. The second-order valence-electron chi connectivity index (χ2n) is 5.04. The fourth-order valence-electron chi connectivity index (χ4n) is 2.81. The van der Waals surface area contributed by atoms with Crippen molar-refractivity contribution in [3.8, 4) is 0 Å². The Balaban J connectivity index is 1.82. The van der Waals surface area contributed by atoms with Gasteiger partial charge in [-0.25, -0.2) is 0 Å². The zero-order chi connectivity index (χ0) is 15.3. The average molecular weight is 292 g/mol. The lowest BCUT2D eigenvalue weighted by atomic mass is 10.1. The van der Waals surface area contributed by atoms with E-state index in [4.69, 9.17) is 11.5 Å². The molecule has 0 saturated carbocycles. The van der Waals surface area contributed by atoms with Crippen LogP contribution in [-0.4, -0.2) is 20.9 Å². The second kappa shape index (κ2) is 4.39. The summed E-state index contributed by atoms with van der Waals surface area (Å²) in [6.07, 6.45) is 0. The van der Waals surface area contributed by atoms with Crippen molar-refractivity contribution in [2.45, 2.75) is 6.54 Å². The maximum atomic E-state index is 12.6. The number of hydrogen-bond acceptors (Lipinski definition) is 6. The van der Waals surface area contributed by atoms with E-state index in [0.29, 0.717) is 11.4 Å². The van der Waals surface area contributed by atoms with Gasteiger partial charge in [0.1, 0.15) is 0 Å². The van der Waals surface area contributed by atoms with E-state index < -0.39 is 0 Å². The summed E-state index contributed by atoms with van der Waals surface area (Å²) in [6.45, 7) is 0.198. The van der Waals surface area contributed by atoms with Crippen LogP contribution in [0.4, 0.5) is 17.6 Å². The van der Waals surface area contributed by atoms with E-state index in [9.17, 15) is 4.79 Å². The Bertz CT molecular complexity index is 898. The molecule has 0 radical (unpaired) electrons. The molecule has 0 saturated heterocycles. The van der Waals surface area contributed by atoms with Gasteiger partial charge in [-0.05, 0) is 17.5 Å². The van der Waals surface area contributed by atoms with Crippen molar-refractivity contribution in [1.82, 2.24) is 15.0 Å². The molecule has 2 aromatic carbocycles. The average Bonchev–Trinajstić information content (AvgIpc) is 2.75. The van der Waals surface area contributed by atoms with Crippen LogP contribution in [0.25, 0.3) is 10.8 Å². The Morgan fingerprint density at radius 3 is 2.36 bits per heavy atom. The molecule has 1 amide bonds. The van der Waals surface area contributed by atoms with E-state index in [1.807, 2.05) is 36.4 Å². The lowest BCUT2D eigenvalue weighted by Gasteiger charge is -2.16. The highest BCUT2D eigenvalue weighted by Crippen LogP contribution is 2.37. The molecule has 108 valence electrons. The summed E-state index contributed by atoms with van der Waals surface area (Å²) >= 11 is 0. The van der Waals surface area contributed by atoms with Gasteiger partial charge in [-0.15, -0.1) is 0 Å². The third-order valence-electron chi connectivity index (χ3n) is 3.66. The molecule has 1 aliphatic rings. The number of aromatic nitrogens is 3. The molecule has 0 aliphatic carbocycles. The van der Waals surface area contributed by atoms with Crippen LogP contribution in [0.2, 0.25) is 0 Å². The van der Waals surface area contributed by atoms with E-state index >= 15 is 0 Å². The highest BCUT2D eigenvalue weighted by Gasteiger charge is 2.30. The fraction of sp³-hybridized carbons (Fsp3) is 0.0667. The van der Waals surface area contributed by atoms with Crippen molar-refractivity contribution in [3.05, 3.63) is 47.8 Å². The number of hydrogen-bond donors (Lipinski definition) is 2. The number of carbonyl (C=O) groups is 1. The van der Waals surface area contributed by atoms with Crippen LogP contribution < -0.4 is 16.4 Å². The van der Waals surface area contributed by atoms with Gasteiger partial charge in [-0.2, -0.15) is 15.0 Å². The molecule has 4 rings (SSSR count). The normalized spacial score (nSPS) is 13.1. The molecule has 1 aliphatic heterocycles. The molecule has 0 unspecified atom stereocenters. The molecule has 1 aromatic heterocycles. The number of benzene rings is 2. The first kappa shape index (κ1) is 12.5. The van der Waals surface area contributed by atoms with Crippen molar-refractivity contribution in [3.63, 3.8) is 0 Å². The SMILES string of the molecule is Nc1nc(N)nc(CN2C(=O)c3cccc4cccc2c34)n1. The van der Waals surface area contributed by atoms with Gasteiger partial charge in [0.15, 0.2) is 5.82 Å². The monoisotopic (exact) mass is 292 g/mol. The van der Waals surface area contributed by atoms with Crippen LogP contribution in [0.3, 0.4) is 0 Å². The summed E-state index contributed by atoms with van der Waals surface area (Å²) in [6, 6.07) is 11.5. The lowest BCUT2D eigenvalue weighted by Crippen LogP contribution is -2.27. The minimum Gasteiger partial charge on any atom is -0.368 e. The fourth-order valence-corrected chi connectivity index (χ4v) is 2.81. The van der Waals surface area contributed by atoms with Crippen molar-refractivity contribution in [1.29, 1.82) is 0 Å². The topological polar surface area (TPSA) is 111 Å². The smallest absolute Gasteiger partial charge is 0.259 e. The molecule has 0 bridgehead atoms. The highest BCUT2D eigenvalue weighted by molar-refractivity contribution is 6.24. The van der Waals surface area contributed by atoms with Crippen LogP contribution in [-0.2, 0) is 6.54 Å². The maximum absolute atomic E-state index is 12.6. The first-order chi connectivity index (χ1) is 10.6. The summed E-state index contributed by atoms with van der Waals surface area (Å²) in [4.78, 5) is 26.1. The van der Waals surface area contributed by atoms with E-state index in [0.717, 1.165) is 16.5 Å². The molecule has 7 nitrogen and oxygen atoms in total. The molecule has 4 N–H and O–H groups in total. The number of nitrogen functional groups attached to an aromatic ring is 2. The van der Waals surface area contributed by atoms with E-state index in [-0.39, 0.29) is 24.3 Å². The van der Waals surface area contributed by atoms with Gasteiger partial charge in [0.2, 0.25) is 11.9 Å². The minimum absolute atomic E-state index is 0.0462. The summed E-state index contributed by atoms with van der Waals surface area (Å²) in [7, 11) is 0. The van der Waals surface area contributed by atoms with Crippen LogP contribution >= 0.6 is 0 Å². The molecule has 3 aromatic rings. The van der Waals surface area contributed by atoms with Gasteiger partial charge in [0.25, 0.3) is 5.91 Å². The maximum Gasteiger partial charge on any atom is 0.259 e. The number of carbonyl (C=O) groups excluding carboxylic acids is 1. The number of nitrogens with zero attached hydrogens (tertiary/aromatic N) is 4. The Morgan fingerprint density at radius 1 is 0.955 bits per heavy atom. The Kier molecular flexibility index (Phi) is 2.50. The molecule has 0 spiro atoms. The van der Waals surface area contributed by atoms with E-state index in [1.54, 1.807) is 4.90 Å². The molecule has 7 heteroatoms. The largest absolute Gasteiger partial charge is 0.368 e. The minimum atomic E-state index is -0.0793. The molecule has 2 heterocycles. The molecular weight excluding hydrogens is 280 g/mol. The Labute approximate surface area is 125 Å². The zero-order valence-electron chi connectivity index (χ0n) is 11.5. The third-order valence-corrected chi connectivity index (χ3v) is 3.66. The van der Waals surface area contributed by atoms with Gasteiger partial charge >= 0.3 is 0 Å². The predicted octanol–water partition coefficient (Wildman–Crippen LogP) is 1.35. The number of amides is 1. The summed E-state index contributed by atoms with van der Waals surface area (Å²) in [5.41, 5.74) is 12.7.